The van der Waals surface area contributed by atoms with Gasteiger partial charge in [0.1, 0.15) is 0 Å². The lowest BCUT2D eigenvalue weighted by Gasteiger charge is -2.26. The molecule has 1 rings (SSSR count). The lowest BCUT2D eigenvalue weighted by atomic mass is 9.79. The van der Waals surface area contributed by atoms with Crippen molar-refractivity contribution in [1.82, 2.24) is 0 Å². The highest BCUT2D eigenvalue weighted by Crippen LogP contribution is 2.33. The third-order valence-corrected chi connectivity index (χ3v) is 3.79. The normalized spacial score (nSPS) is 19.5. The Bertz CT molecular complexity index is 375. The first-order valence-corrected chi connectivity index (χ1v) is 7.23. The average Bonchev–Trinajstić information content (AvgIpc) is 2.46. The van der Waals surface area contributed by atoms with Crippen molar-refractivity contribution in [3.63, 3.8) is 0 Å². The van der Waals surface area contributed by atoms with Gasteiger partial charge in [-0.1, -0.05) is 25.7 Å². The van der Waals surface area contributed by atoms with E-state index in [9.17, 15) is 9.59 Å². The largest absolute Gasteiger partial charge is 0.468 e. The summed E-state index contributed by atoms with van der Waals surface area (Å²) in [4.78, 5) is 24.3. The molecule has 112 valence electrons. The molecule has 1 aliphatic rings. The molecule has 0 spiro atoms. The topological polar surface area (TPSA) is 52.6 Å². The molecule has 0 bridgehead atoms. The first kappa shape index (κ1) is 16.5. The van der Waals surface area contributed by atoms with Gasteiger partial charge >= 0.3 is 11.9 Å². The van der Waals surface area contributed by atoms with E-state index in [0.717, 1.165) is 25.7 Å². The number of carbonyl (C=O) groups excluding carboxylic acids is 2. The molecule has 0 amide bonds. The van der Waals surface area contributed by atoms with E-state index in [-0.39, 0.29) is 6.42 Å². The van der Waals surface area contributed by atoms with E-state index in [1.807, 2.05) is 6.08 Å². The highest BCUT2D eigenvalue weighted by molar-refractivity contribution is 6.00. The lowest BCUT2D eigenvalue weighted by molar-refractivity contribution is -0.169. The minimum absolute atomic E-state index is 0.281. The van der Waals surface area contributed by atoms with Crippen molar-refractivity contribution < 1.29 is 19.1 Å². The summed E-state index contributed by atoms with van der Waals surface area (Å²) >= 11 is 0. The third kappa shape index (κ3) is 4.24. The Morgan fingerprint density at radius 1 is 0.950 bits per heavy atom. The van der Waals surface area contributed by atoms with Crippen LogP contribution >= 0.6 is 0 Å². The van der Waals surface area contributed by atoms with Crippen molar-refractivity contribution >= 4 is 11.9 Å². The Morgan fingerprint density at radius 2 is 1.55 bits per heavy atom. The molecule has 20 heavy (non-hydrogen) atoms. The number of methoxy groups -OCH3 is 2. The van der Waals surface area contributed by atoms with Crippen LogP contribution in [0.3, 0.4) is 0 Å². The summed E-state index contributed by atoms with van der Waals surface area (Å²) in [5.74, 6) is -1.03. The Labute approximate surface area is 120 Å². The minimum atomic E-state index is -1.22. The van der Waals surface area contributed by atoms with Crippen LogP contribution in [0.15, 0.2) is 17.9 Å². The van der Waals surface area contributed by atoms with Crippen LogP contribution in [0.4, 0.5) is 0 Å². The van der Waals surface area contributed by atoms with Gasteiger partial charge in [-0.05, 0) is 37.8 Å². The maximum absolute atomic E-state index is 12.1. The minimum Gasteiger partial charge on any atom is -0.468 e. The first-order chi connectivity index (χ1) is 9.67. The van der Waals surface area contributed by atoms with Gasteiger partial charge in [0.25, 0.3) is 0 Å². The fourth-order valence-corrected chi connectivity index (χ4v) is 2.55. The molecule has 0 unspecified atom stereocenters. The van der Waals surface area contributed by atoms with Gasteiger partial charge in [-0.15, -0.1) is 5.73 Å². The molecule has 4 nitrogen and oxygen atoms in total. The van der Waals surface area contributed by atoms with Crippen molar-refractivity contribution in [2.24, 2.45) is 5.41 Å². The molecule has 0 aromatic carbocycles. The molecule has 0 aliphatic heterocycles. The SMILES string of the molecule is COC(=O)C1(C(=O)OC)CC=C=CCCCCCCC1. The summed E-state index contributed by atoms with van der Waals surface area (Å²) in [5.41, 5.74) is 1.83. The summed E-state index contributed by atoms with van der Waals surface area (Å²) in [6, 6.07) is 0. The van der Waals surface area contributed by atoms with E-state index in [2.05, 4.69) is 5.73 Å². The molecule has 0 N–H and O–H groups in total. The monoisotopic (exact) mass is 280 g/mol. The maximum Gasteiger partial charge on any atom is 0.323 e. The Hall–Kier alpha value is -1.54. The van der Waals surface area contributed by atoms with Crippen LogP contribution in [0.25, 0.3) is 0 Å². The predicted octanol–water partition coefficient (Wildman–Crippen LogP) is 3.16. The second kappa shape index (κ2) is 8.60. The first-order valence-electron chi connectivity index (χ1n) is 7.23. The molecule has 4 heteroatoms. The molecule has 1 aliphatic carbocycles. The van der Waals surface area contributed by atoms with E-state index in [1.54, 1.807) is 6.08 Å². The number of hydrogen-bond acceptors (Lipinski definition) is 4. The highest BCUT2D eigenvalue weighted by Gasteiger charge is 2.46. The summed E-state index contributed by atoms with van der Waals surface area (Å²) in [6.07, 6.45) is 10.7. The number of ether oxygens (including phenoxy) is 2. The zero-order valence-corrected chi connectivity index (χ0v) is 12.4. The van der Waals surface area contributed by atoms with Crippen LogP contribution in [0.2, 0.25) is 0 Å². The van der Waals surface area contributed by atoms with Crippen LogP contribution in [-0.2, 0) is 19.1 Å². The van der Waals surface area contributed by atoms with Gasteiger partial charge in [-0.2, -0.15) is 0 Å². The molecule has 0 saturated carbocycles. The van der Waals surface area contributed by atoms with Gasteiger partial charge in [0.2, 0.25) is 0 Å². The van der Waals surface area contributed by atoms with Crippen molar-refractivity contribution in [3.05, 3.63) is 17.9 Å². The van der Waals surface area contributed by atoms with Gasteiger partial charge in [-0.3, -0.25) is 9.59 Å². The van der Waals surface area contributed by atoms with E-state index in [1.165, 1.54) is 27.1 Å². The molecule has 0 fully saturated rings. The summed E-state index contributed by atoms with van der Waals surface area (Å²) < 4.78 is 9.69. The maximum atomic E-state index is 12.1. The Morgan fingerprint density at radius 3 is 2.20 bits per heavy atom. The molecular formula is C16H24O4. The number of rotatable bonds is 2. The smallest absolute Gasteiger partial charge is 0.323 e. The van der Waals surface area contributed by atoms with Crippen LogP contribution in [0.1, 0.15) is 51.4 Å². The standard InChI is InChI=1S/C16H24O4/c1-19-14(17)16(15(18)20-2)12-10-8-6-4-3-5-7-9-11-13-16/h6,10H,3-5,7,9,11-13H2,1-2H3. The number of hydrogen-bond donors (Lipinski definition) is 0. The van der Waals surface area contributed by atoms with Gasteiger partial charge in [0.05, 0.1) is 14.2 Å². The molecule has 0 aromatic heterocycles. The second-order valence-corrected chi connectivity index (χ2v) is 5.15. The Balaban J connectivity index is 3.02. The van der Waals surface area contributed by atoms with Crippen molar-refractivity contribution in [3.8, 4) is 0 Å². The van der Waals surface area contributed by atoms with Crippen molar-refractivity contribution in [2.45, 2.75) is 51.4 Å². The number of allylic oxidation sites excluding steroid dienone is 1. The van der Waals surface area contributed by atoms with Crippen LogP contribution in [0.5, 0.6) is 0 Å². The zero-order valence-electron chi connectivity index (χ0n) is 12.4. The van der Waals surface area contributed by atoms with E-state index in [4.69, 9.17) is 9.47 Å². The fraction of sp³-hybridized carbons (Fsp3) is 0.688. The summed E-state index contributed by atoms with van der Waals surface area (Å²) in [7, 11) is 2.62. The lowest BCUT2D eigenvalue weighted by Crippen LogP contribution is -2.41. The summed E-state index contributed by atoms with van der Waals surface area (Å²) in [5, 5.41) is 0. The van der Waals surface area contributed by atoms with Gasteiger partial charge in [-0.25, -0.2) is 0 Å². The molecule has 0 heterocycles. The fourth-order valence-electron chi connectivity index (χ4n) is 2.55. The molecular weight excluding hydrogens is 256 g/mol. The Kier molecular flexibility index (Phi) is 7.10. The second-order valence-electron chi connectivity index (χ2n) is 5.15. The van der Waals surface area contributed by atoms with Crippen LogP contribution in [-0.4, -0.2) is 26.2 Å². The van der Waals surface area contributed by atoms with E-state index >= 15 is 0 Å². The van der Waals surface area contributed by atoms with Crippen molar-refractivity contribution in [1.29, 1.82) is 0 Å². The van der Waals surface area contributed by atoms with Gasteiger partial charge < -0.3 is 9.47 Å². The van der Waals surface area contributed by atoms with Crippen molar-refractivity contribution in [2.75, 3.05) is 14.2 Å². The molecule has 0 radical (unpaired) electrons. The quantitative estimate of drug-likeness (QED) is 0.443. The average molecular weight is 280 g/mol. The van der Waals surface area contributed by atoms with E-state index in [0.29, 0.717) is 6.42 Å². The van der Waals surface area contributed by atoms with Gasteiger partial charge in [0.15, 0.2) is 5.41 Å². The third-order valence-electron chi connectivity index (χ3n) is 3.79. The zero-order chi connectivity index (χ0) is 14.8. The van der Waals surface area contributed by atoms with Gasteiger partial charge in [0, 0.05) is 0 Å². The summed E-state index contributed by atoms with van der Waals surface area (Å²) in [6.45, 7) is 0. The number of carbonyl (C=O) groups is 2. The molecule has 0 saturated heterocycles. The molecule has 0 aromatic rings. The van der Waals surface area contributed by atoms with Crippen LogP contribution in [0, 0.1) is 5.41 Å². The van der Waals surface area contributed by atoms with E-state index < -0.39 is 17.4 Å². The van der Waals surface area contributed by atoms with Crippen LogP contribution < -0.4 is 0 Å². The predicted molar refractivity (Wildman–Crippen MR) is 76.1 cm³/mol. The highest BCUT2D eigenvalue weighted by atomic mass is 16.5. The number of esters is 2. The molecule has 0 atom stereocenters.